The molecule has 1 aliphatic carbocycles. The Morgan fingerprint density at radius 1 is 1.00 bits per heavy atom. The number of hydrogen-bond acceptors (Lipinski definition) is 4. The number of alkyl carbamates (subject to hydrolysis) is 1. The number of rotatable bonds is 9. The Bertz CT molecular complexity index is 985. The van der Waals surface area contributed by atoms with Crippen molar-refractivity contribution in [1.29, 1.82) is 0 Å². The van der Waals surface area contributed by atoms with Crippen LogP contribution in [-0.4, -0.2) is 42.3 Å². The van der Waals surface area contributed by atoms with Gasteiger partial charge in [0.1, 0.15) is 12.6 Å². The van der Waals surface area contributed by atoms with Crippen molar-refractivity contribution in [3.63, 3.8) is 0 Å². The van der Waals surface area contributed by atoms with E-state index in [4.69, 9.17) is 4.74 Å². The van der Waals surface area contributed by atoms with E-state index in [-0.39, 0.29) is 25.0 Å². The highest BCUT2D eigenvalue weighted by atomic mass is 16.5. The largest absolute Gasteiger partial charge is 0.481 e. The van der Waals surface area contributed by atoms with Crippen molar-refractivity contribution in [3.05, 3.63) is 59.7 Å². The summed E-state index contributed by atoms with van der Waals surface area (Å²) in [6.45, 7) is 7.07. The van der Waals surface area contributed by atoms with Crippen LogP contribution < -0.4 is 10.6 Å². The van der Waals surface area contributed by atoms with Gasteiger partial charge in [0.25, 0.3) is 0 Å². The smallest absolute Gasteiger partial charge is 0.407 e. The molecule has 0 bridgehead atoms. The minimum absolute atomic E-state index is 0.0396. The van der Waals surface area contributed by atoms with Crippen molar-refractivity contribution in [2.45, 2.75) is 46.1 Å². The molecule has 0 fully saturated rings. The first kappa shape index (κ1) is 24.3. The summed E-state index contributed by atoms with van der Waals surface area (Å²) in [5, 5.41) is 14.6. The molecule has 0 aromatic heterocycles. The van der Waals surface area contributed by atoms with Crippen molar-refractivity contribution in [3.8, 4) is 11.1 Å². The van der Waals surface area contributed by atoms with Gasteiger partial charge in [0.2, 0.25) is 5.91 Å². The lowest BCUT2D eigenvalue weighted by Gasteiger charge is -2.24. The summed E-state index contributed by atoms with van der Waals surface area (Å²) >= 11 is 0. The fourth-order valence-corrected chi connectivity index (χ4v) is 3.99. The molecule has 7 nitrogen and oxygen atoms in total. The highest BCUT2D eigenvalue weighted by Gasteiger charge is 2.31. The summed E-state index contributed by atoms with van der Waals surface area (Å²) in [6, 6.07) is 15.3. The zero-order chi connectivity index (χ0) is 24.2. The Hall–Kier alpha value is -3.35. The lowest BCUT2D eigenvalue weighted by molar-refractivity contribution is -0.146. The van der Waals surface area contributed by atoms with Gasteiger partial charge in [-0.25, -0.2) is 4.79 Å². The molecule has 0 saturated heterocycles. The highest BCUT2D eigenvalue weighted by Crippen LogP contribution is 2.44. The zero-order valence-corrected chi connectivity index (χ0v) is 19.6. The van der Waals surface area contributed by atoms with Crippen molar-refractivity contribution in [2.24, 2.45) is 11.3 Å². The molecule has 0 aliphatic heterocycles. The maximum absolute atomic E-state index is 12.7. The second-order valence-electron chi connectivity index (χ2n) is 9.56. The van der Waals surface area contributed by atoms with Crippen LogP contribution in [0.4, 0.5) is 4.79 Å². The average Bonchev–Trinajstić information content (AvgIpc) is 3.09. The third-order valence-electron chi connectivity index (χ3n) is 5.94. The summed E-state index contributed by atoms with van der Waals surface area (Å²) in [5.74, 6) is -1.36. The van der Waals surface area contributed by atoms with Crippen LogP contribution in [0.3, 0.4) is 0 Å². The molecule has 0 spiro atoms. The molecule has 2 aromatic carbocycles. The normalized spacial score (nSPS) is 13.7. The van der Waals surface area contributed by atoms with Crippen LogP contribution in [0, 0.1) is 11.3 Å². The summed E-state index contributed by atoms with van der Waals surface area (Å²) < 4.78 is 5.56. The van der Waals surface area contributed by atoms with Gasteiger partial charge in [-0.1, -0.05) is 62.4 Å². The molecule has 0 saturated carbocycles. The predicted octanol–water partition coefficient (Wildman–Crippen LogP) is 4.17. The number of hydrogen-bond donors (Lipinski definition) is 3. The standard InChI is InChI=1S/C26H32N2O5/c1-16(2)13-22(23(29)27-15-26(3,4)24(30)31)28-25(32)33-14-21-19-11-7-5-9-17(19)18-10-6-8-12-20(18)21/h5-12,16,21-22H,13-15H2,1-4H3,(H,27,29)(H,28,32)(H,30,31)/t22-/m0/s1. The van der Waals surface area contributed by atoms with Crippen LogP contribution >= 0.6 is 0 Å². The number of nitrogens with one attached hydrogen (secondary N) is 2. The molecule has 0 unspecified atom stereocenters. The summed E-state index contributed by atoms with van der Waals surface area (Å²) in [6.07, 6.45) is -0.265. The van der Waals surface area contributed by atoms with Crippen molar-refractivity contribution >= 4 is 18.0 Å². The molecule has 2 amide bonds. The minimum Gasteiger partial charge on any atom is -0.481 e. The van der Waals surface area contributed by atoms with Crippen molar-refractivity contribution in [1.82, 2.24) is 10.6 Å². The van der Waals surface area contributed by atoms with E-state index >= 15 is 0 Å². The summed E-state index contributed by atoms with van der Waals surface area (Å²) in [4.78, 5) is 36.6. The lowest BCUT2D eigenvalue weighted by Crippen LogP contribution is -2.50. The minimum atomic E-state index is -1.11. The van der Waals surface area contributed by atoms with E-state index in [1.165, 1.54) is 13.8 Å². The molecule has 176 valence electrons. The van der Waals surface area contributed by atoms with Crippen LogP contribution in [0.15, 0.2) is 48.5 Å². The lowest BCUT2D eigenvalue weighted by atomic mass is 9.93. The van der Waals surface area contributed by atoms with Gasteiger partial charge in [0, 0.05) is 12.5 Å². The molecule has 33 heavy (non-hydrogen) atoms. The predicted molar refractivity (Wildman–Crippen MR) is 126 cm³/mol. The number of aliphatic carboxylic acids is 1. The number of carboxylic acids is 1. The molecule has 3 rings (SSSR count). The van der Waals surface area contributed by atoms with E-state index in [1.807, 2.05) is 50.2 Å². The number of carboxylic acid groups (broad SMARTS) is 1. The van der Waals surface area contributed by atoms with Crippen LogP contribution in [0.25, 0.3) is 11.1 Å². The van der Waals surface area contributed by atoms with E-state index in [0.717, 1.165) is 22.3 Å². The van der Waals surface area contributed by atoms with Crippen molar-refractivity contribution < 1.29 is 24.2 Å². The fraction of sp³-hybridized carbons (Fsp3) is 0.423. The van der Waals surface area contributed by atoms with E-state index < -0.39 is 29.4 Å². The van der Waals surface area contributed by atoms with Gasteiger partial charge >= 0.3 is 12.1 Å². The van der Waals surface area contributed by atoms with Gasteiger partial charge in [0.15, 0.2) is 0 Å². The Morgan fingerprint density at radius 2 is 1.55 bits per heavy atom. The average molecular weight is 453 g/mol. The number of benzene rings is 2. The van der Waals surface area contributed by atoms with Gasteiger partial charge in [0.05, 0.1) is 5.41 Å². The Kier molecular flexibility index (Phi) is 7.41. The van der Waals surface area contributed by atoms with Gasteiger partial charge in [-0.3, -0.25) is 9.59 Å². The third kappa shape index (κ3) is 5.72. The summed E-state index contributed by atoms with van der Waals surface area (Å²) in [7, 11) is 0. The molecule has 2 aromatic rings. The fourth-order valence-electron chi connectivity index (χ4n) is 3.99. The second kappa shape index (κ2) is 10.1. The number of ether oxygens (including phenoxy) is 1. The molecule has 1 aliphatic rings. The van der Waals surface area contributed by atoms with E-state index in [2.05, 4.69) is 22.8 Å². The Morgan fingerprint density at radius 3 is 2.06 bits per heavy atom. The molecule has 1 atom stereocenters. The quantitative estimate of drug-likeness (QED) is 0.530. The van der Waals surface area contributed by atoms with Crippen LogP contribution in [-0.2, 0) is 14.3 Å². The topological polar surface area (TPSA) is 105 Å². The first-order valence-electron chi connectivity index (χ1n) is 11.2. The van der Waals surface area contributed by atoms with E-state index in [9.17, 15) is 19.5 Å². The van der Waals surface area contributed by atoms with Crippen molar-refractivity contribution in [2.75, 3.05) is 13.2 Å². The first-order chi connectivity index (χ1) is 15.6. The number of carbonyl (C=O) groups is 3. The van der Waals surface area contributed by atoms with Crippen LogP contribution in [0.5, 0.6) is 0 Å². The summed E-state index contributed by atoms with van der Waals surface area (Å²) in [5.41, 5.74) is 3.39. The van der Waals surface area contributed by atoms with Gasteiger partial charge < -0.3 is 20.5 Å². The molecular formula is C26H32N2O5. The molecule has 0 heterocycles. The monoisotopic (exact) mass is 452 g/mol. The molecular weight excluding hydrogens is 420 g/mol. The van der Waals surface area contributed by atoms with Gasteiger partial charge in [-0.15, -0.1) is 0 Å². The highest BCUT2D eigenvalue weighted by molar-refractivity contribution is 5.86. The molecule has 0 radical (unpaired) electrons. The zero-order valence-electron chi connectivity index (χ0n) is 19.6. The van der Waals surface area contributed by atoms with Crippen LogP contribution in [0.2, 0.25) is 0 Å². The first-order valence-corrected chi connectivity index (χ1v) is 11.2. The maximum atomic E-state index is 12.7. The number of fused-ring (bicyclic) bond motifs is 3. The SMILES string of the molecule is CC(C)C[C@H](NC(=O)OCC1c2ccccc2-c2ccccc21)C(=O)NCC(C)(C)C(=O)O. The second-order valence-corrected chi connectivity index (χ2v) is 9.56. The number of amides is 2. The number of carbonyl (C=O) groups excluding carboxylic acids is 2. The van der Waals surface area contributed by atoms with Gasteiger partial charge in [-0.05, 0) is 48.4 Å². The molecule has 3 N–H and O–H groups in total. The van der Waals surface area contributed by atoms with Gasteiger partial charge in [-0.2, -0.15) is 0 Å². The van der Waals surface area contributed by atoms with E-state index in [1.54, 1.807) is 0 Å². The Labute approximate surface area is 194 Å². The van der Waals surface area contributed by atoms with Crippen LogP contribution in [0.1, 0.15) is 51.2 Å². The Balaban J connectivity index is 1.64. The van der Waals surface area contributed by atoms with E-state index in [0.29, 0.717) is 6.42 Å². The third-order valence-corrected chi connectivity index (χ3v) is 5.94. The molecule has 7 heteroatoms. The maximum Gasteiger partial charge on any atom is 0.407 e.